The maximum absolute atomic E-state index is 12.4. The summed E-state index contributed by atoms with van der Waals surface area (Å²) in [5, 5.41) is 3.57. The van der Waals surface area contributed by atoms with Crippen LogP contribution in [0.2, 0.25) is 5.02 Å². The molecule has 1 fully saturated rings. The number of aromatic nitrogens is 2. The lowest BCUT2D eigenvalue weighted by Gasteiger charge is -2.21. The molecule has 1 saturated carbocycles. The number of rotatable bonds is 8. The van der Waals surface area contributed by atoms with E-state index in [1.807, 2.05) is 19.2 Å². The number of nitrogens with zero attached hydrogens (tertiary/aromatic N) is 2. The fourth-order valence-electron chi connectivity index (χ4n) is 3.51. The van der Waals surface area contributed by atoms with Gasteiger partial charge in [0.05, 0.1) is 31.1 Å². The highest BCUT2D eigenvalue weighted by atomic mass is 35.5. The van der Waals surface area contributed by atoms with Crippen molar-refractivity contribution in [1.29, 1.82) is 0 Å². The first-order valence-electron chi connectivity index (χ1n) is 9.58. The molecule has 1 aliphatic carbocycles. The van der Waals surface area contributed by atoms with Gasteiger partial charge in [-0.05, 0) is 49.5 Å². The molecule has 1 aromatic heterocycles. The number of ether oxygens (including phenoxy) is 2. The highest BCUT2D eigenvalue weighted by Crippen LogP contribution is 2.37. The van der Waals surface area contributed by atoms with Gasteiger partial charge in [-0.2, -0.15) is 0 Å². The van der Waals surface area contributed by atoms with Crippen molar-refractivity contribution in [2.24, 2.45) is 0 Å². The van der Waals surface area contributed by atoms with Gasteiger partial charge in [-0.1, -0.05) is 18.5 Å². The van der Waals surface area contributed by atoms with E-state index in [9.17, 15) is 4.79 Å². The number of hydrogen-bond donors (Lipinski definition) is 1. The first-order chi connectivity index (χ1) is 13.6. The lowest BCUT2D eigenvalue weighted by molar-refractivity contribution is -0.117. The van der Waals surface area contributed by atoms with Crippen molar-refractivity contribution in [2.75, 3.05) is 13.7 Å². The maximum Gasteiger partial charge on any atom is 0.244 e. The summed E-state index contributed by atoms with van der Waals surface area (Å²) in [4.78, 5) is 16.5. The van der Waals surface area contributed by atoms with Crippen molar-refractivity contribution in [3.63, 3.8) is 0 Å². The molecule has 1 N–H and O–H groups in total. The van der Waals surface area contributed by atoms with Gasteiger partial charge in [-0.15, -0.1) is 0 Å². The van der Waals surface area contributed by atoms with E-state index >= 15 is 0 Å². The predicted molar refractivity (Wildman–Crippen MR) is 110 cm³/mol. The van der Waals surface area contributed by atoms with Crippen molar-refractivity contribution in [3.8, 4) is 11.5 Å². The van der Waals surface area contributed by atoms with Gasteiger partial charge < -0.3 is 19.4 Å². The van der Waals surface area contributed by atoms with Crippen molar-refractivity contribution in [2.45, 2.75) is 44.7 Å². The number of halogens is 1. The molecule has 6 nitrogen and oxygen atoms in total. The molecule has 0 radical (unpaired) electrons. The van der Waals surface area contributed by atoms with Crippen LogP contribution in [0.1, 0.15) is 44.2 Å². The van der Waals surface area contributed by atoms with E-state index < -0.39 is 0 Å². The number of nitrogens with one attached hydrogen (secondary N) is 1. The largest absolute Gasteiger partial charge is 0.493 e. The summed E-state index contributed by atoms with van der Waals surface area (Å²) < 4.78 is 13.1. The van der Waals surface area contributed by atoms with Crippen LogP contribution in [-0.2, 0) is 4.79 Å². The van der Waals surface area contributed by atoms with Crippen molar-refractivity contribution in [1.82, 2.24) is 14.9 Å². The SMILES string of the molecule is CCCOc1c(Cl)cc(/C=C/C(=O)N[C@H]2CCC[C@@H]2n2ccnc2)cc1OC. The minimum atomic E-state index is -0.126. The molecule has 1 aromatic carbocycles. The summed E-state index contributed by atoms with van der Waals surface area (Å²) in [7, 11) is 1.57. The third-order valence-corrected chi connectivity index (χ3v) is 5.13. The van der Waals surface area contributed by atoms with E-state index in [1.54, 1.807) is 31.8 Å². The van der Waals surface area contributed by atoms with Gasteiger partial charge >= 0.3 is 0 Å². The predicted octanol–water partition coefficient (Wildman–Crippen LogP) is 4.26. The molecule has 1 aliphatic rings. The highest BCUT2D eigenvalue weighted by Gasteiger charge is 2.29. The van der Waals surface area contributed by atoms with Crippen LogP contribution >= 0.6 is 11.6 Å². The van der Waals surface area contributed by atoms with Gasteiger partial charge in [0, 0.05) is 24.5 Å². The monoisotopic (exact) mass is 403 g/mol. The first kappa shape index (κ1) is 20.3. The normalized spacial score (nSPS) is 19.1. The van der Waals surface area contributed by atoms with Crippen LogP contribution < -0.4 is 14.8 Å². The Morgan fingerprint density at radius 1 is 1.43 bits per heavy atom. The molecule has 3 rings (SSSR count). The van der Waals surface area contributed by atoms with Crippen molar-refractivity contribution in [3.05, 3.63) is 47.5 Å². The second-order valence-electron chi connectivity index (χ2n) is 6.84. The molecule has 7 heteroatoms. The highest BCUT2D eigenvalue weighted by molar-refractivity contribution is 6.32. The molecule has 0 saturated heterocycles. The van der Waals surface area contributed by atoms with Crippen LogP contribution in [0.15, 0.2) is 36.9 Å². The van der Waals surface area contributed by atoms with Gasteiger partial charge in [0.1, 0.15) is 0 Å². The number of methoxy groups -OCH3 is 1. The molecule has 0 spiro atoms. The molecular formula is C21H26ClN3O3. The Balaban J connectivity index is 1.66. The first-order valence-corrected chi connectivity index (χ1v) is 9.96. The fraction of sp³-hybridized carbons (Fsp3) is 0.429. The van der Waals surface area contributed by atoms with Crippen molar-refractivity contribution < 1.29 is 14.3 Å². The molecule has 2 aromatic rings. The number of benzene rings is 1. The van der Waals surface area contributed by atoms with Crippen LogP contribution in [0.3, 0.4) is 0 Å². The number of imidazole rings is 1. The van der Waals surface area contributed by atoms with E-state index in [-0.39, 0.29) is 18.0 Å². The molecule has 150 valence electrons. The third kappa shape index (κ3) is 4.87. The molecule has 28 heavy (non-hydrogen) atoms. The quantitative estimate of drug-likeness (QED) is 0.669. The molecule has 2 atom stereocenters. The van der Waals surface area contributed by atoms with Gasteiger partial charge in [-0.25, -0.2) is 4.98 Å². The summed E-state index contributed by atoms with van der Waals surface area (Å²) in [6.45, 7) is 2.59. The number of amides is 1. The Hall–Kier alpha value is -2.47. The van der Waals surface area contributed by atoms with Crippen LogP contribution in [0.25, 0.3) is 6.08 Å². The molecule has 1 amide bonds. The summed E-state index contributed by atoms with van der Waals surface area (Å²) in [6, 6.07) is 3.94. The van der Waals surface area contributed by atoms with Gasteiger partial charge in [0.25, 0.3) is 0 Å². The molecule has 0 aliphatic heterocycles. The van der Waals surface area contributed by atoms with Crippen LogP contribution in [0.4, 0.5) is 0 Å². The Kier molecular flexibility index (Phi) is 6.98. The number of carbonyl (C=O) groups is 1. The minimum Gasteiger partial charge on any atom is -0.493 e. The zero-order valence-electron chi connectivity index (χ0n) is 16.2. The van der Waals surface area contributed by atoms with E-state index in [2.05, 4.69) is 14.9 Å². The minimum absolute atomic E-state index is 0.106. The molecular weight excluding hydrogens is 378 g/mol. The third-order valence-electron chi connectivity index (χ3n) is 4.84. The lowest BCUT2D eigenvalue weighted by Crippen LogP contribution is -2.37. The standard InChI is InChI=1S/C21H26ClN3O3/c1-3-11-28-21-16(22)12-15(13-19(21)27-2)7-8-20(26)24-17-5-4-6-18(17)25-10-9-23-14-25/h7-10,12-14,17-18H,3-6,11H2,1-2H3,(H,24,26)/b8-7+/t17-,18-/m0/s1. The smallest absolute Gasteiger partial charge is 0.244 e. The van der Waals surface area contributed by atoms with E-state index in [0.717, 1.165) is 31.2 Å². The molecule has 1 heterocycles. The Bertz CT molecular complexity index is 821. The van der Waals surface area contributed by atoms with Gasteiger partial charge in [0.15, 0.2) is 11.5 Å². The second-order valence-corrected chi connectivity index (χ2v) is 7.25. The summed E-state index contributed by atoms with van der Waals surface area (Å²) >= 11 is 6.33. The zero-order chi connectivity index (χ0) is 19.9. The second kappa shape index (κ2) is 9.64. The van der Waals surface area contributed by atoms with Crippen LogP contribution in [-0.4, -0.2) is 35.2 Å². The summed E-state index contributed by atoms with van der Waals surface area (Å²) in [5.41, 5.74) is 0.776. The maximum atomic E-state index is 12.4. The lowest BCUT2D eigenvalue weighted by atomic mass is 10.1. The van der Waals surface area contributed by atoms with E-state index in [1.165, 1.54) is 6.08 Å². The van der Waals surface area contributed by atoms with Gasteiger partial charge in [0.2, 0.25) is 5.91 Å². The van der Waals surface area contributed by atoms with Gasteiger partial charge in [-0.3, -0.25) is 4.79 Å². The average molecular weight is 404 g/mol. The Morgan fingerprint density at radius 3 is 3.00 bits per heavy atom. The van der Waals surface area contributed by atoms with Crippen molar-refractivity contribution >= 4 is 23.6 Å². The number of hydrogen-bond acceptors (Lipinski definition) is 4. The average Bonchev–Trinajstić information content (AvgIpc) is 3.36. The Labute approximate surface area is 170 Å². The summed E-state index contributed by atoms with van der Waals surface area (Å²) in [6.07, 6.45) is 12.7. The fourth-order valence-corrected chi connectivity index (χ4v) is 3.79. The number of carbonyl (C=O) groups excluding carboxylic acids is 1. The molecule has 0 bridgehead atoms. The topological polar surface area (TPSA) is 65.4 Å². The van der Waals surface area contributed by atoms with Crippen LogP contribution in [0, 0.1) is 0 Å². The van der Waals surface area contributed by atoms with E-state index in [0.29, 0.717) is 23.1 Å². The van der Waals surface area contributed by atoms with E-state index in [4.69, 9.17) is 21.1 Å². The Morgan fingerprint density at radius 2 is 2.29 bits per heavy atom. The zero-order valence-corrected chi connectivity index (χ0v) is 17.0. The van der Waals surface area contributed by atoms with Crippen LogP contribution in [0.5, 0.6) is 11.5 Å². The molecule has 0 unspecified atom stereocenters. The summed E-state index contributed by atoms with van der Waals surface area (Å²) in [5.74, 6) is 0.956.